The van der Waals surface area contributed by atoms with E-state index in [4.69, 9.17) is 18.9 Å². The van der Waals surface area contributed by atoms with Crippen LogP contribution in [0.5, 0.6) is 17.2 Å². The summed E-state index contributed by atoms with van der Waals surface area (Å²) in [4.78, 5) is 24.4. The largest absolute Gasteiger partial charge is 0.493 e. The van der Waals surface area contributed by atoms with E-state index in [1.54, 1.807) is 18.2 Å². The Labute approximate surface area is 177 Å². The Morgan fingerprint density at radius 1 is 0.967 bits per heavy atom. The van der Waals surface area contributed by atoms with Crippen LogP contribution in [0.3, 0.4) is 0 Å². The molecular formula is C23H29NO6. The van der Waals surface area contributed by atoms with Gasteiger partial charge >= 0.3 is 5.97 Å². The fourth-order valence-corrected chi connectivity index (χ4v) is 2.97. The molecule has 162 valence electrons. The van der Waals surface area contributed by atoms with Crippen molar-refractivity contribution < 1.29 is 28.5 Å². The quantitative estimate of drug-likeness (QED) is 0.621. The van der Waals surface area contributed by atoms with E-state index in [0.29, 0.717) is 28.9 Å². The molecule has 2 aromatic rings. The molecule has 0 radical (unpaired) electrons. The van der Waals surface area contributed by atoms with Crippen LogP contribution in [-0.2, 0) is 14.3 Å². The average molecular weight is 415 g/mol. The summed E-state index contributed by atoms with van der Waals surface area (Å²) >= 11 is 0. The third-order valence-electron chi connectivity index (χ3n) is 4.55. The lowest BCUT2D eigenvalue weighted by Gasteiger charge is -2.15. The highest BCUT2D eigenvalue weighted by atomic mass is 16.6. The van der Waals surface area contributed by atoms with Gasteiger partial charge in [0.15, 0.2) is 24.2 Å². The van der Waals surface area contributed by atoms with Gasteiger partial charge in [-0.25, -0.2) is 4.79 Å². The van der Waals surface area contributed by atoms with Gasteiger partial charge in [-0.2, -0.15) is 0 Å². The van der Waals surface area contributed by atoms with E-state index in [0.717, 1.165) is 5.56 Å². The monoisotopic (exact) mass is 415 g/mol. The van der Waals surface area contributed by atoms with Gasteiger partial charge in [0.1, 0.15) is 5.75 Å². The lowest BCUT2D eigenvalue weighted by atomic mass is 9.98. The number of anilines is 1. The Kier molecular flexibility index (Phi) is 8.09. The van der Waals surface area contributed by atoms with Crippen molar-refractivity contribution in [2.24, 2.45) is 0 Å². The van der Waals surface area contributed by atoms with Crippen LogP contribution in [0.15, 0.2) is 36.4 Å². The van der Waals surface area contributed by atoms with Crippen molar-refractivity contribution in [3.05, 3.63) is 47.5 Å². The molecule has 0 fully saturated rings. The minimum absolute atomic E-state index is 0.283. The highest BCUT2D eigenvalue weighted by Crippen LogP contribution is 2.29. The molecular weight excluding hydrogens is 386 g/mol. The number of methoxy groups -OCH3 is 2. The molecule has 0 saturated carbocycles. The molecule has 0 heterocycles. The van der Waals surface area contributed by atoms with Crippen LogP contribution in [0.4, 0.5) is 5.69 Å². The number of aryl methyl sites for hydroxylation is 1. The minimum atomic E-state index is -0.987. The van der Waals surface area contributed by atoms with Gasteiger partial charge in [-0.05, 0) is 55.2 Å². The number of benzene rings is 2. The van der Waals surface area contributed by atoms with Crippen LogP contribution < -0.4 is 19.5 Å². The van der Waals surface area contributed by atoms with Gasteiger partial charge in [0, 0.05) is 11.8 Å². The zero-order valence-corrected chi connectivity index (χ0v) is 18.3. The topological polar surface area (TPSA) is 83.1 Å². The van der Waals surface area contributed by atoms with Gasteiger partial charge in [0.2, 0.25) is 0 Å². The van der Waals surface area contributed by atoms with E-state index < -0.39 is 18.0 Å². The van der Waals surface area contributed by atoms with Crippen molar-refractivity contribution >= 4 is 17.6 Å². The Hall–Kier alpha value is -3.22. The summed E-state index contributed by atoms with van der Waals surface area (Å²) in [5.74, 6) is 0.921. The van der Waals surface area contributed by atoms with Gasteiger partial charge in [0.25, 0.3) is 5.91 Å². The molecule has 2 rings (SSSR count). The third-order valence-corrected chi connectivity index (χ3v) is 4.55. The maximum absolute atomic E-state index is 12.3. The number of hydrogen-bond acceptors (Lipinski definition) is 6. The van der Waals surface area contributed by atoms with Crippen LogP contribution in [0, 0.1) is 6.92 Å². The predicted octanol–water partition coefficient (Wildman–Crippen LogP) is 4.08. The van der Waals surface area contributed by atoms with Gasteiger partial charge in [-0.15, -0.1) is 0 Å². The van der Waals surface area contributed by atoms with E-state index >= 15 is 0 Å². The second-order valence-electron chi connectivity index (χ2n) is 7.15. The normalized spacial score (nSPS) is 11.6. The number of esters is 1. The summed E-state index contributed by atoms with van der Waals surface area (Å²) in [7, 11) is 3.03. The predicted molar refractivity (Wildman–Crippen MR) is 114 cm³/mol. The Bertz CT molecular complexity index is 893. The fourth-order valence-electron chi connectivity index (χ4n) is 2.97. The van der Waals surface area contributed by atoms with E-state index in [1.807, 2.05) is 25.1 Å². The smallest absolute Gasteiger partial charge is 0.344 e. The molecule has 2 aromatic carbocycles. The maximum atomic E-state index is 12.3. The summed E-state index contributed by atoms with van der Waals surface area (Å²) in [6.45, 7) is 7.45. The molecule has 0 bridgehead atoms. The first-order valence-corrected chi connectivity index (χ1v) is 9.70. The minimum Gasteiger partial charge on any atom is -0.493 e. The molecule has 0 aliphatic rings. The number of ether oxygens (including phenoxy) is 4. The molecule has 1 atom stereocenters. The summed E-state index contributed by atoms with van der Waals surface area (Å²) < 4.78 is 21.0. The van der Waals surface area contributed by atoms with Crippen LogP contribution >= 0.6 is 0 Å². The van der Waals surface area contributed by atoms with Gasteiger partial charge in [-0.1, -0.05) is 19.9 Å². The number of hydrogen-bond donors (Lipinski definition) is 1. The molecule has 1 amide bonds. The van der Waals surface area contributed by atoms with Crippen LogP contribution in [0.1, 0.15) is 37.8 Å². The molecule has 0 spiro atoms. The zero-order chi connectivity index (χ0) is 22.3. The van der Waals surface area contributed by atoms with Crippen molar-refractivity contribution in [1.82, 2.24) is 0 Å². The maximum Gasteiger partial charge on any atom is 0.344 e. The molecule has 0 saturated heterocycles. The summed E-state index contributed by atoms with van der Waals surface area (Å²) in [5.41, 5.74) is 2.82. The molecule has 7 heteroatoms. The van der Waals surface area contributed by atoms with Crippen molar-refractivity contribution in [2.45, 2.75) is 39.7 Å². The lowest BCUT2D eigenvalue weighted by Crippen LogP contribution is -2.31. The Balaban J connectivity index is 1.88. The van der Waals surface area contributed by atoms with Gasteiger partial charge in [-0.3, -0.25) is 4.79 Å². The summed E-state index contributed by atoms with van der Waals surface area (Å²) in [6, 6.07) is 10.7. The Morgan fingerprint density at radius 2 is 1.67 bits per heavy atom. The number of nitrogens with one attached hydrogen (secondary N) is 1. The van der Waals surface area contributed by atoms with Crippen molar-refractivity contribution in [3.8, 4) is 17.2 Å². The molecule has 0 aliphatic heterocycles. The first kappa shape index (κ1) is 23.1. The molecule has 1 N–H and O–H groups in total. The number of rotatable bonds is 9. The molecule has 0 aliphatic carbocycles. The van der Waals surface area contributed by atoms with E-state index in [-0.39, 0.29) is 6.61 Å². The standard InChI is InChI=1S/C23H29NO6/c1-14(2)19-9-8-18(11-15(19)3)29-13-22(25)30-16(4)23(26)24-17-7-10-20(27-5)21(12-17)28-6/h7-12,14,16H,13H2,1-6H3,(H,24,26)/t16-/m0/s1. The second-order valence-corrected chi connectivity index (χ2v) is 7.15. The highest BCUT2D eigenvalue weighted by molar-refractivity contribution is 5.95. The number of amides is 1. The first-order chi connectivity index (χ1) is 14.2. The van der Waals surface area contributed by atoms with E-state index in [2.05, 4.69) is 19.2 Å². The second kappa shape index (κ2) is 10.5. The SMILES string of the molecule is COc1ccc(NC(=O)[C@H](C)OC(=O)COc2ccc(C(C)C)c(C)c2)cc1OC. The van der Waals surface area contributed by atoms with Gasteiger partial charge in [0.05, 0.1) is 14.2 Å². The van der Waals surface area contributed by atoms with E-state index in [9.17, 15) is 9.59 Å². The molecule has 0 aromatic heterocycles. The van der Waals surface area contributed by atoms with Crippen molar-refractivity contribution in [2.75, 3.05) is 26.1 Å². The van der Waals surface area contributed by atoms with Crippen LogP contribution in [0.25, 0.3) is 0 Å². The lowest BCUT2D eigenvalue weighted by molar-refractivity contribution is -0.155. The number of carbonyl (C=O) groups is 2. The first-order valence-electron chi connectivity index (χ1n) is 9.70. The van der Waals surface area contributed by atoms with Crippen LogP contribution in [-0.4, -0.2) is 38.8 Å². The Morgan fingerprint density at radius 3 is 2.27 bits per heavy atom. The van der Waals surface area contributed by atoms with E-state index in [1.165, 1.54) is 26.7 Å². The molecule has 30 heavy (non-hydrogen) atoms. The fraction of sp³-hybridized carbons (Fsp3) is 0.391. The average Bonchev–Trinajstić information content (AvgIpc) is 2.71. The van der Waals surface area contributed by atoms with Crippen LogP contribution in [0.2, 0.25) is 0 Å². The summed E-state index contributed by atoms with van der Waals surface area (Å²) in [6.07, 6.45) is -0.987. The van der Waals surface area contributed by atoms with Crippen molar-refractivity contribution in [3.63, 3.8) is 0 Å². The zero-order valence-electron chi connectivity index (χ0n) is 18.3. The molecule has 0 unspecified atom stereocenters. The highest BCUT2D eigenvalue weighted by Gasteiger charge is 2.19. The summed E-state index contributed by atoms with van der Waals surface area (Å²) in [5, 5.41) is 2.68. The van der Waals surface area contributed by atoms with Crippen molar-refractivity contribution in [1.29, 1.82) is 0 Å². The molecule has 7 nitrogen and oxygen atoms in total. The van der Waals surface area contributed by atoms with Gasteiger partial charge < -0.3 is 24.3 Å². The third kappa shape index (κ3) is 6.14. The number of carbonyl (C=O) groups excluding carboxylic acids is 2.